The normalized spacial score (nSPS) is 18.7. The summed E-state index contributed by atoms with van der Waals surface area (Å²) in [6.45, 7) is 1.58. The van der Waals surface area contributed by atoms with Gasteiger partial charge in [-0.05, 0) is 38.1 Å². The Kier molecular flexibility index (Phi) is 4.91. The van der Waals surface area contributed by atoms with Crippen LogP contribution in [0.25, 0.3) is 0 Å². The van der Waals surface area contributed by atoms with Crippen LogP contribution in [-0.2, 0) is 0 Å². The molecule has 1 atom stereocenters. The molecule has 2 amide bonds. The van der Waals surface area contributed by atoms with Gasteiger partial charge in [-0.3, -0.25) is 0 Å². The number of amides is 2. The first-order valence-corrected chi connectivity index (χ1v) is 7.04. The van der Waals surface area contributed by atoms with Crippen LogP contribution in [0.15, 0.2) is 18.2 Å². The van der Waals surface area contributed by atoms with E-state index < -0.39 is 0 Å². The van der Waals surface area contributed by atoms with Gasteiger partial charge in [0.25, 0.3) is 0 Å². The second-order valence-corrected chi connectivity index (χ2v) is 5.45. The van der Waals surface area contributed by atoms with E-state index in [0.29, 0.717) is 15.7 Å². The fourth-order valence-corrected chi connectivity index (χ4v) is 2.67. The maximum absolute atomic E-state index is 12.2. The van der Waals surface area contributed by atoms with Crippen LogP contribution in [0.1, 0.15) is 12.8 Å². The lowest BCUT2D eigenvalue weighted by Gasteiger charge is -2.25. The number of nitrogens with one attached hydrogen (secondary N) is 2. The van der Waals surface area contributed by atoms with Gasteiger partial charge in [-0.25, -0.2) is 4.79 Å². The number of hydrogen-bond acceptors (Lipinski definition) is 2. The van der Waals surface area contributed by atoms with E-state index in [4.69, 9.17) is 23.2 Å². The fourth-order valence-electron chi connectivity index (χ4n) is 2.33. The summed E-state index contributed by atoms with van der Waals surface area (Å²) in [6, 6.07) is 5.14. The lowest BCUT2D eigenvalue weighted by atomic mass is 10.2. The summed E-state index contributed by atoms with van der Waals surface area (Å²) in [5, 5.41) is 6.97. The minimum absolute atomic E-state index is 0.123. The van der Waals surface area contributed by atoms with E-state index in [1.54, 1.807) is 18.2 Å². The topological polar surface area (TPSA) is 44.4 Å². The van der Waals surface area contributed by atoms with Crippen molar-refractivity contribution < 1.29 is 4.79 Å². The summed E-state index contributed by atoms with van der Waals surface area (Å²) in [6.07, 6.45) is 2.06. The van der Waals surface area contributed by atoms with Crippen LogP contribution in [0.2, 0.25) is 10.0 Å². The first kappa shape index (κ1) is 14.4. The number of likely N-dealkylation sites (tertiary alicyclic amines) is 1. The summed E-state index contributed by atoms with van der Waals surface area (Å²) >= 11 is 11.9. The molecule has 1 aromatic rings. The van der Waals surface area contributed by atoms with E-state index in [1.165, 1.54) is 0 Å². The van der Waals surface area contributed by atoms with Gasteiger partial charge < -0.3 is 15.5 Å². The lowest BCUT2D eigenvalue weighted by molar-refractivity contribution is 0.206. The molecule has 1 aliphatic heterocycles. The van der Waals surface area contributed by atoms with Crippen molar-refractivity contribution >= 4 is 34.9 Å². The lowest BCUT2D eigenvalue weighted by Crippen LogP contribution is -2.43. The van der Waals surface area contributed by atoms with Crippen molar-refractivity contribution in [1.29, 1.82) is 0 Å². The third kappa shape index (κ3) is 3.53. The molecule has 0 spiro atoms. The van der Waals surface area contributed by atoms with Crippen LogP contribution in [0, 0.1) is 0 Å². The molecule has 0 bridgehead atoms. The molecule has 19 heavy (non-hydrogen) atoms. The van der Waals surface area contributed by atoms with E-state index >= 15 is 0 Å². The van der Waals surface area contributed by atoms with Gasteiger partial charge in [0.15, 0.2) is 0 Å². The molecule has 6 heteroatoms. The number of nitrogens with zero attached hydrogens (tertiary/aromatic N) is 1. The summed E-state index contributed by atoms with van der Waals surface area (Å²) in [4.78, 5) is 14.1. The third-order valence-corrected chi connectivity index (χ3v) is 3.81. The number of carbonyl (C=O) groups is 1. The monoisotopic (exact) mass is 301 g/mol. The third-order valence-electron chi connectivity index (χ3n) is 3.25. The fraction of sp³-hybridized carbons (Fsp3) is 0.462. The van der Waals surface area contributed by atoms with Gasteiger partial charge in [0.2, 0.25) is 0 Å². The molecule has 1 fully saturated rings. The van der Waals surface area contributed by atoms with E-state index in [1.807, 2.05) is 11.9 Å². The molecular weight excluding hydrogens is 285 g/mol. The Morgan fingerprint density at radius 1 is 1.47 bits per heavy atom. The van der Waals surface area contributed by atoms with Crippen LogP contribution in [0.4, 0.5) is 10.5 Å². The number of halogens is 2. The zero-order valence-electron chi connectivity index (χ0n) is 10.7. The highest BCUT2D eigenvalue weighted by molar-refractivity contribution is 6.35. The second kappa shape index (κ2) is 6.46. The minimum Gasteiger partial charge on any atom is -0.320 e. The minimum atomic E-state index is -0.123. The van der Waals surface area contributed by atoms with E-state index in [0.717, 1.165) is 25.9 Å². The number of urea groups is 1. The molecule has 2 N–H and O–H groups in total. The van der Waals surface area contributed by atoms with Gasteiger partial charge in [-0.2, -0.15) is 0 Å². The van der Waals surface area contributed by atoms with Gasteiger partial charge in [0.05, 0.1) is 10.7 Å². The van der Waals surface area contributed by atoms with Gasteiger partial charge in [-0.15, -0.1) is 0 Å². The molecule has 0 aliphatic carbocycles. The molecule has 1 unspecified atom stereocenters. The first-order valence-electron chi connectivity index (χ1n) is 6.29. The molecule has 1 saturated heterocycles. The quantitative estimate of drug-likeness (QED) is 0.900. The zero-order valence-corrected chi connectivity index (χ0v) is 12.3. The summed E-state index contributed by atoms with van der Waals surface area (Å²) in [5.74, 6) is 0. The number of anilines is 1. The summed E-state index contributed by atoms with van der Waals surface area (Å²) < 4.78 is 0. The number of benzene rings is 1. The molecule has 2 rings (SSSR count). The molecule has 1 heterocycles. The average Bonchev–Trinajstić information content (AvgIpc) is 2.82. The van der Waals surface area contributed by atoms with Crippen molar-refractivity contribution in [3.05, 3.63) is 28.2 Å². The van der Waals surface area contributed by atoms with Crippen molar-refractivity contribution in [3.63, 3.8) is 0 Å². The molecule has 4 nitrogen and oxygen atoms in total. The Hall–Kier alpha value is -0.970. The Balaban J connectivity index is 2.06. The second-order valence-electron chi connectivity index (χ2n) is 4.60. The standard InChI is InChI=1S/C13H17Cl2N3O/c1-16-8-10-3-2-6-18(10)13(19)17-12-7-9(14)4-5-11(12)15/h4-5,7,10,16H,2-3,6,8H2,1H3,(H,17,19). The number of carbonyl (C=O) groups excluding carboxylic acids is 1. The highest BCUT2D eigenvalue weighted by Crippen LogP contribution is 2.26. The predicted octanol–water partition coefficient (Wildman–Crippen LogP) is 3.21. The van der Waals surface area contributed by atoms with Gasteiger partial charge in [0.1, 0.15) is 0 Å². The number of rotatable bonds is 3. The molecule has 0 aromatic heterocycles. The Bertz CT molecular complexity index is 467. The smallest absolute Gasteiger partial charge is 0.320 e. The van der Waals surface area contributed by atoms with Gasteiger partial charge in [0, 0.05) is 24.2 Å². The van der Waals surface area contributed by atoms with Crippen molar-refractivity contribution in [2.24, 2.45) is 0 Å². The molecule has 1 aliphatic rings. The van der Waals surface area contributed by atoms with E-state index in [2.05, 4.69) is 10.6 Å². The van der Waals surface area contributed by atoms with Crippen molar-refractivity contribution in [2.75, 3.05) is 25.5 Å². The Labute approximate surface area is 123 Å². The summed E-state index contributed by atoms with van der Waals surface area (Å²) in [5.41, 5.74) is 0.550. The van der Waals surface area contributed by atoms with E-state index in [-0.39, 0.29) is 12.1 Å². The van der Waals surface area contributed by atoms with Crippen molar-refractivity contribution in [2.45, 2.75) is 18.9 Å². The van der Waals surface area contributed by atoms with Crippen molar-refractivity contribution in [3.8, 4) is 0 Å². The predicted molar refractivity (Wildman–Crippen MR) is 79.1 cm³/mol. The van der Waals surface area contributed by atoms with Crippen LogP contribution >= 0.6 is 23.2 Å². The maximum Gasteiger partial charge on any atom is 0.322 e. The highest BCUT2D eigenvalue weighted by atomic mass is 35.5. The molecular formula is C13H17Cl2N3O. The summed E-state index contributed by atoms with van der Waals surface area (Å²) in [7, 11) is 1.89. The molecule has 104 valence electrons. The number of hydrogen-bond donors (Lipinski definition) is 2. The Morgan fingerprint density at radius 2 is 2.26 bits per heavy atom. The van der Waals surface area contributed by atoms with Crippen LogP contribution in [-0.4, -0.2) is 37.1 Å². The molecule has 0 radical (unpaired) electrons. The van der Waals surface area contributed by atoms with Crippen LogP contribution in [0.3, 0.4) is 0 Å². The van der Waals surface area contributed by atoms with Crippen molar-refractivity contribution in [1.82, 2.24) is 10.2 Å². The van der Waals surface area contributed by atoms with E-state index in [9.17, 15) is 4.79 Å². The number of likely N-dealkylation sites (N-methyl/N-ethyl adjacent to an activating group) is 1. The molecule has 1 aromatic carbocycles. The highest BCUT2D eigenvalue weighted by Gasteiger charge is 2.28. The first-order chi connectivity index (χ1) is 9.11. The largest absolute Gasteiger partial charge is 0.322 e. The Morgan fingerprint density at radius 3 is 3.00 bits per heavy atom. The van der Waals surface area contributed by atoms with Gasteiger partial charge in [-0.1, -0.05) is 23.2 Å². The van der Waals surface area contributed by atoms with Crippen LogP contribution < -0.4 is 10.6 Å². The SMILES string of the molecule is CNCC1CCCN1C(=O)Nc1cc(Cl)ccc1Cl. The average molecular weight is 302 g/mol. The van der Waals surface area contributed by atoms with Crippen LogP contribution in [0.5, 0.6) is 0 Å². The molecule has 0 saturated carbocycles. The van der Waals surface area contributed by atoms with Gasteiger partial charge >= 0.3 is 6.03 Å². The zero-order chi connectivity index (χ0) is 13.8. The maximum atomic E-state index is 12.2.